The highest BCUT2D eigenvalue weighted by Crippen LogP contribution is 2.40. The van der Waals surface area contributed by atoms with Crippen molar-refractivity contribution in [1.82, 2.24) is 19.9 Å². The number of nitrogens with zero attached hydrogens (tertiary/aromatic N) is 4. The number of nitrogens with one attached hydrogen (secondary N) is 2. The third-order valence-corrected chi connectivity index (χ3v) is 7.50. The van der Waals surface area contributed by atoms with Crippen LogP contribution < -0.4 is 10.6 Å². The van der Waals surface area contributed by atoms with Crippen LogP contribution in [-0.2, 0) is 4.74 Å². The first-order chi connectivity index (χ1) is 16.5. The van der Waals surface area contributed by atoms with Gasteiger partial charge in [-0.05, 0) is 47.1 Å². The Kier molecular flexibility index (Phi) is 7.26. The lowest BCUT2D eigenvalue weighted by Gasteiger charge is -2.28. The summed E-state index contributed by atoms with van der Waals surface area (Å²) in [5.41, 5.74) is 2.93. The lowest BCUT2D eigenvalue weighted by Crippen LogP contribution is -2.40. The Morgan fingerprint density at radius 3 is 2.49 bits per heavy atom. The molecule has 0 aromatic carbocycles. The molecule has 3 aromatic heterocycles. The molecule has 11 heteroatoms. The summed E-state index contributed by atoms with van der Waals surface area (Å²) in [6.07, 6.45) is -1.75. The van der Waals surface area contributed by atoms with E-state index < -0.39 is 29.8 Å². The van der Waals surface area contributed by atoms with Gasteiger partial charge in [0, 0.05) is 25.3 Å². The van der Waals surface area contributed by atoms with Gasteiger partial charge in [-0.25, -0.2) is 9.97 Å². The summed E-state index contributed by atoms with van der Waals surface area (Å²) in [5, 5.41) is 39.1. The zero-order chi connectivity index (χ0) is 25.5. The minimum Gasteiger partial charge on any atom is -0.390 e. The van der Waals surface area contributed by atoms with Crippen LogP contribution >= 0.6 is 11.3 Å². The van der Waals surface area contributed by atoms with Gasteiger partial charge in [0.2, 0.25) is 5.95 Å². The Hall–Kier alpha value is -2.44. The predicted octanol–water partition coefficient (Wildman–Crippen LogP) is 2.42. The molecule has 1 aliphatic carbocycles. The van der Waals surface area contributed by atoms with Crippen LogP contribution in [-0.4, -0.2) is 79.4 Å². The molecule has 1 saturated carbocycles. The standard InChI is InChI=1S/C24H34N6O4S/c1-11-9-16-18(13(3)26-11)29-22(35-16)17-12(2)27-23(25-7-8-34-6)30-21(17)28-15-10-14(24(4,5)33)19(31)20(15)32/h9,14-15,19-20,31-33H,7-8,10H2,1-6H3,(H2,25,27,28,30)/t14-,15+,19+,20-/m0/s1. The molecule has 1 aliphatic rings. The van der Waals surface area contributed by atoms with Crippen molar-refractivity contribution in [2.45, 2.75) is 64.9 Å². The summed E-state index contributed by atoms with van der Waals surface area (Å²) < 4.78 is 6.14. The SMILES string of the molecule is COCCNc1nc(C)c(-c2nc3c(C)nc(C)cc3s2)c(N[C@@H]2C[C@H](C(C)(C)O)[C@@H](O)[C@H]2O)n1. The van der Waals surface area contributed by atoms with E-state index in [2.05, 4.69) is 20.6 Å². The second kappa shape index (κ2) is 9.90. The van der Waals surface area contributed by atoms with Gasteiger partial charge in [0.1, 0.15) is 22.4 Å². The van der Waals surface area contributed by atoms with E-state index in [1.807, 2.05) is 26.8 Å². The summed E-state index contributed by atoms with van der Waals surface area (Å²) in [6.45, 7) is 10.1. The summed E-state index contributed by atoms with van der Waals surface area (Å²) in [6, 6.07) is 1.50. The van der Waals surface area contributed by atoms with E-state index in [1.165, 1.54) is 11.3 Å². The van der Waals surface area contributed by atoms with Crippen molar-refractivity contribution < 1.29 is 20.1 Å². The molecule has 10 nitrogen and oxygen atoms in total. The number of aryl methyl sites for hydroxylation is 3. The maximum absolute atomic E-state index is 10.8. The summed E-state index contributed by atoms with van der Waals surface area (Å²) in [7, 11) is 1.63. The highest BCUT2D eigenvalue weighted by molar-refractivity contribution is 7.21. The maximum atomic E-state index is 10.8. The van der Waals surface area contributed by atoms with Crippen LogP contribution in [0.5, 0.6) is 0 Å². The van der Waals surface area contributed by atoms with E-state index in [4.69, 9.17) is 14.7 Å². The minimum atomic E-state index is -1.14. The molecule has 0 amide bonds. The molecule has 0 bridgehead atoms. The number of aliphatic hydroxyl groups excluding tert-OH is 2. The number of methoxy groups -OCH3 is 1. The number of hydrogen-bond donors (Lipinski definition) is 5. The third kappa shape index (κ3) is 5.24. The van der Waals surface area contributed by atoms with E-state index in [0.29, 0.717) is 31.3 Å². The average molecular weight is 503 g/mol. The van der Waals surface area contributed by atoms with E-state index in [1.54, 1.807) is 21.0 Å². The number of hydrogen-bond acceptors (Lipinski definition) is 11. The van der Waals surface area contributed by atoms with Gasteiger partial charge in [-0.3, -0.25) is 4.98 Å². The van der Waals surface area contributed by atoms with Crippen LogP contribution in [0.15, 0.2) is 6.07 Å². The first-order valence-corrected chi connectivity index (χ1v) is 12.5. The fourth-order valence-electron chi connectivity index (χ4n) is 4.67. The summed E-state index contributed by atoms with van der Waals surface area (Å²) in [5.74, 6) is 0.443. The molecule has 0 unspecified atom stereocenters. The molecule has 0 radical (unpaired) electrons. The van der Waals surface area contributed by atoms with Crippen molar-refractivity contribution in [3.05, 3.63) is 23.1 Å². The quantitative estimate of drug-likeness (QED) is 0.291. The number of ether oxygens (including phenoxy) is 1. The molecular weight excluding hydrogens is 468 g/mol. The lowest BCUT2D eigenvalue weighted by molar-refractivity contribution is -0.0601. The topological polar surface area (TPSA) is 146 Å². The van der Waals surface area contributed by atoms with Crippen LogP contribution in [0.2, 0.25) is 0 Å². The fourth-order valence-corrected chi connectivity index (χ4v) is 5.88. The third-order valence-electron chi connectivity index (χ3n) is 6.49. The highest BCUT2D eigenvalue weighted by atomic mass is 32.1. The molecule has 190 valence electrons. The second-order valence-electron chi connectivity index (χ2n) is 9.72. The van der Waals surface area contributed by atoms with E-state index in [0.717, 1.165) is 37.9 Å². The Morgan fingerprint density at radius 1 is 1.09 bits per heavy atom. The maximum Gasteiger partial charge on any atom is 0.224 e. The van der Waals surface area contributed by atoms with Gasteiger partial charge in [-0.15, -0.1) is 11.3 Å². The van der Waals surface area contributed by atoms with Crippen molar-refractivity contribution in [1.29, 1.82) is 0 Å². The Bertz CT molecular complexity index is 1210. The van der Waals surface area contributed by atoms with Gasteiger partial charge >= 0.3 is 0 Å². The normalized spacial score (nSPS) is 22.7. The lowest BCUT2D eigenvalue weighted by atomic mass is 9.88. The molecule has 3 aromatic rings. The number of thiazole rings is 1. The largest absolute Gasteiger partial charge is 0.390 e. The van der Waals surface area contributed by atoms with Crippen LogP contribution in [0.4, 0.5) is 11.8 Å². The molecule has 4 atom stereocenters. The van der Waals surface area contributed by atoms with E-state index in [9.17, 15) is 15.3 Å². The monoisotopic (exact) mass is 502 g/mol. The summed E-state index contributed by atoms with van der Waals surface area (Å²) >= 11 is 1.54. The number of aromatic nitrogens is 4. The highest BCUT2D eigenvalue weighted by Gasteiger charge is 2.48. The molecular formula is C24H34N6O4S. The second-order valence-corrected chi connectivity index (χ2v) is 10.7. The number of fused-ring (bicyclic) bond motifs is 1. The number of anilines is 2. The Morgan fingerprint density at radius 2 is 1.83 bits per heavy atom. The molecule has 0 aliphatic heterocycles. The van der Waals surface area contributed by atoms with Gasteiger partial charge in [0.05, 0.1) is 46.0 Å². The van der Waals surface area contributed by atoms with Crippen molar-refractivity contribution in [3.63, 3.8) is 0 Å². The van der Waals surface area contributed by atoms with E-state index in [-0.39, 0.29) is 0 Å². The molecule has 1 fully saturated rings. The Labute approximate surface area is 208 Å². The minimum absolute atomic E-state index is 0.378. The molecule has 5 N–H and O–H groups in total. The van der Waals surface area contributed by atoms with Gasteiger partial charge in [0.25, 0.3) is 0 Å². The molecule has 0 saturated heterocycles. The summed E-state index contributed by atoms with van der Waals surface area (Å²) in [4.78, 5) is 18.7. The van der Waals surface area contributed by atoms with Crippen molar-refractivity contribution in [2.24, 2.45) is 5.92 Å². The van der Waals surface area contributed by atoms with Crippen LogP contribution in [0, 0.1) is 26.7 Å². The molecule has 3 heterocycles. The predicted molar refractivity (Wildman–Crippen MR) is 137 cm³/mol. The van der Waals surface area contributed by atoms with Crippen LogP contribution in [0.3, 0.4) is 0 Å². The first kappa shape index (κ1) is 25.6. The van der Waals surface area contributed by atoms with E-state index >= 15 is 0 Å². The first-order valence-electron chi connectivity index (χ1n) is 11.7. The number of aliphatic hydroxyl groups is 3. The van der Waals surface area contributed by atoms with Crippen molar-refractivity contribution in [2.75, 3.05) is 30.9 Å². The smallest absolute Gasteiger partial charge is 0.224 e. The van der Waals surface area contributed by atoms with Gasteiger partial charge in [-0.1, -0.05) is 0 Å². The zero-order valence-corrected chi connectivity index (χ0v) is 21.8. The fraction of sp³-hybridized carbons (Fsp3) is 0.583. The van der Waals surface area contributed by atoms with Gasteiger partial charge in [0.15, 0.2) is 0 Å². The average Bonchev–Trinajstić information content (AvgIpc) is 3.30. The molecule has 4 rings (SSSR count). The molecule has 35 heavy (non-hydrogen) atoms. The van der Waals surface area contributed by atoms with Gasteiger partial charge < -0.3 is 30.7 Å². The van der Waals surface area contributed by atoms with Gasteiger partial charge in [-0.2, -0.15) is 4.98 Å². The van der Waals surface area contributed by atoms with Crippen molar-refractivity contribution >= 4 is 33.3 Å². The zero-order valence-electron chi connectivity index (χ0n) is 21.0. The number of pyridine rings is 1. The number of rotatable bonds is 8. The van der Waals surface area contributed by atoms with Crippen molar-refractivity contribution in [3.8, 4) is 10.6 Å². The molecule has 0 spiro atoms. The Balaban J connectivity index is 1.76. The van der Waals surface area contributed by atoms with Crippen LogP contribution in [0.25, 0.3) is 20.8 Å². The van der Waals surface area contributed by atoms with Crippen LogP contribution in [0.1, 0.15) is 37.4 Å².